The standard InChI is InChI=1S/C27H33N3O3/c1-19-5-7-21(8-6-19)24-25(27(32)30(26(24)31)15-4-18-33-3)28-22-9-11-23(12-10-22)29-16-13-20(2)14-17-29/h5-12,20,28H,4,13-18H2,1-3H3. The largest absolute Gasteiger partial charge is 0.385 e. The Bertz CT molecular complexity index is 1020. The number of aryl methyl sites for hydroxylation is 1. The normalized spacial score (nSPS) is 17.3. The van der Waals surface area contributed by atoms with Crippen LogP contribution in [0.4, 0.5) is 11.4 Å². The Kier molecular flexibility index (Phi) is 7.14. The summed E-state index contributed by atoms with van der Waals surface area (Å²) in [6.07, 6.45) is 3.02. The molecule has 0 bridgehead atoms. The Morgan fingerprint density at radius 1 is 0.970 bits per heavy atom. The van der Waals surface area contributed by atoms with Crippen molar-refractivity contribution in [1.29, 1.82) is 0 Å². The van der Waals surface area contributed by atoms with Gasteiger partial charge in [-0.1, -0.05) is 36.8 Å². The number of nitrogens with one attached hydrogen (secondary N) is 1. The summed E-state index contributed by atoms with van der Waals surface area (Å²) in [5.74, 6) is 0.231. The summed E-state index contributed by atoms with van der Waals surface area (Å²) in [5, 5.41) is 3.26. The van der Waals surface area contributed by atoms with E-state index in [-0.39, 0.29) is 11.8 Å². The molecule has 6 heteroatoms. The zero-order chi connectivity index (χ0) is 23.4. The van der Waals surface area contributed by atoms with Crippen molar-refractivity contribution >= 4 is 28.8 Å². The van der Waals surface area contributed by atoms with Gasteiger partial charge in [0.2, 0.25) is 0 Å². The lowest BCUT2D eigenvalue weighted by Crippen LogP contribution is -2.34. The van der Waals surface area contributed by atoms with Crippen LogP contribution in [-0.4, -0.2) is 50.1 Å². The molecule has 2 aliphatic rings. The highest BCUT2D eigenvalue weighted by Crippen LogP contribution is 2.31. The van der Waals surface area contributed by atoms with Crippen LogP contribution in [0.1, 0.15) is 37.3 Å². The van der Waals surface area contributed by atoms with Crippen LogP contribution in [0.2, 0.25) is 0 Å². The molecule has 0 aliphatic carbocycles. The molecule has 2 aliphatic heterocycles. The molecule has 4 rings (SSSR count). The van der Waals surface area contributed by atoms with Crippen LogP contribution in [0.15, 0.2) is 54.2 Å². The molecule has 0 unspecified atom stereocenters. The molecule has 0 spiro atoms. The fourth-order valence-electron chi connectivity index (χ4n) is 4.42. The highest BCUT2D eigenvalue weighted by molar-refractivity contribution is 6.36. The van der Waals surface area contributed by atoms with Gasteiger partial charge in [-0.25, -0.2) is 0 Å². The first-order valence-corrected chi connectivity index (χ1v) is 11.8. The second kappa shape index (κ2) is 10.2. The van der Waals surface area contributed by atoms with E-state index in [2.05, 4.69) is 29.3 Å². The lowest BCUT2D eigenvalue weighted by Gasteiger charge is -2.32. The van der Waals surface area contributed by atoms with Crippen LogP contribution in [0.3, 0.4) is 0 Å². The van der Waals surface area contributed by atoms with Gasteiger partial charge in [0.15, 0.2) is 0 Å². The number of piperidine rings is 1. The van der Waals surface area contributed by atoms with Gasteiger partial charge in [-0.15, -0.1) is 0 Å². The fraction of sp³-hybridized carbons (Fsp3) is 0.407. The molecule has 0 saturated carbocycles. The van der Waals surface area contributed by atoms with Crippen molar-refractivity contribution in [3.63, 3.8) is 0 Å². The SMILES string of the molecule is COCCCN1C(=O)C(Nc2ccc(N3CCC(C)CC3)cc2)=C(c2ccc(C)cc2)C1=O. The minimum absolute atomic E-state index is 0.262. The van der Waals surface area contributed by atoms with Crippen LogP contribution in [0, 0.1) is 12.8 Å². The van der Waals surface area contributed by atoms with Gasteiger partial charge in [0.1, 0.15) is 5.70 Å². The number of amides is 2. The quantitative estimate of drug-likeness (QED) is 0.478. The van der Waals surface area contributed by atoms with E-state index in [1.54, 1.807) is 7.11 Å². The topological polar surface area (TPSA) is 61.9 Å². The Morgan fingerprint density at radius 3 is 2.27 bits per heavy atom. The lowest BCUT2D eigenvalue weighted by atomic mass is 9.99. The number of nitrogens with zero attached hydrogens (tertiary/aromatic N) is 2. The summed E-state index contributed by atoms with van der Waals surface area (Å²) in [4.78, 5) is 30.2. The number of ether oxygens (including phenoxy) is 1. The number of carbonyl (C=O) groups is 2. The van der Waals surface area contributed by atoms with Crippen molar-refractivity contribution in [2.45, 2.75) is 33.1 Å². The Balaban J connectivity index is 1.58. The predicted molar refractivity (Wildman–Crippen MR) is 132 cm³/mol. The Morgan fingerprint density at radius 2 is 1.64 bits per heavy atom. The van der Waals surface area contributed by atoms with E-state index in [4.69, 9.17) is 4.74 Å². The van der Waals surface area contributed by atoms with Crippen LogP contribution in [0.5, 0.6) is 0 Å². The third kappa shape index (κ3) is 5.11. The Labute approximate surface area is 196 Å². The van der Waals surface area contributed by atoms with Crippen molar-refractivity contribution in [3.8, 4) is 0 Å². The monoisotopic (exact) mass is 447 g/mol. The Hall–Kier alpha value is -3.12. The van der Waals surface area contributed by atoms with E-state index >= 15 is 0 Å². The maximum atomic E-state index is 13.2. The molecule has 0 radical (unpaired) electrons. The highest BCUT2D eigenvalue weighted by atomic mass is 16.5. The number of anilines is 2. The van der Waals surface area contributed by atoms with E-state index in [0.29, 0.717) is 30.8 Å². The average Bonchev–Trinajstić information content (AvgIpc) is 3.05. The number of imide groups is 1. The van der Waals surface area contributed by atoms with Crippen LogP contribution in [0.25, 0.3) is 5.57 Å². The summed E-state index contributed by atoms with van der Waals surface area (Å²) in [5.41, 5.74) is 4.59. The van der Waals surface area contributed by atoms with Gasteiger partial charge in [-0.3, -0.25) is 14.5 Å². The number of methoxy groups -OCH3 is 1. The summed E-state index contributed by atoms with van der Waals surface area (Å²) in [7, 11) is 1.62. The molecule has 33 heavy (non-hydrogen) atoms. The third-order valence-corrected chi connectivity index (χ3v) is 6.52. The van der Waals surface area contributed by atoms with E-state index in [9.17, 15) is 9.59 Å². The van der Waals surface area contributed by atoms with Crippen LogP contribution in [-0.2, 0) is 14.3 Å². The zero-order valence-corrected chi connectivity index (χ0v) is 19.8. The number of hydrogen-bond donors (Lipinski definition) is 1. The minimum Gasteiger partial charge on any atom is -0.385 e. The first-order chi connectivity index (χ1) is 16.0. The van der Waals surface area contributed by atoms with Crippen molar-refractivity contribution < 1.29 is 14.3 Å². The van der Waals surface area contributed by atoms with Crippen LogP contribution >= 0.6 is 0 Å². The van der Waals surface area contributed by atoms with Gasteiger partial charge < -0.3 is 15.0 Å². The first-order valence-electron chi connectivity index (χ1n) is 11.8. The van der Waals surface area contributed by atoms with Gasteiger partial charge in [-0.05, 0) is 61.9 Å². The summed E-state index contributed by atoms with van der Waals surface area (Å²) in [6.45, 7) is 7.28. The molecule has 2 aromatic rings. The second-order valence-corrected chi connectivity index (χ2v) is 9.07. The van der Waals surface area contributed by atoms with Gasteiger partial charge >= 0.3 is 0 Å². The zero-order valence-electron chi connectivity index (χ0n) is 19.8. The molecule has 0 atom stereocenters. The molecular weight excluding hydrogens is 414 g/mol. The van der Waals surface area contributed by atoms with Crippen molar-refractivity contribution in [1.82, 2.24) is 4.90 Å². The smallest absolute Gasteiger partial charge is 0.278 e. The summed E-state index contributed by atoms with van der Waals surface area (Å²) < 4.78 is 5.10. The van der Waals surface area contributed by atoms with E-state index in [0.717, 1.165) is 35.8 Å². The number of benzene rings is 2. The number of rotatable bonds is 8. The molecule has 1 N–H and O–H groups in total. The summed E-state index contributed by atoms with van der Waals surface area (Å²) >= 11 is 0. The van der Waals surface area contributed by atoms with Gasteiger partial charge in [-0.2, -0.15) is 0 Å². The maximum absolute atomic E-state index is 13.2. The number of hydrogen-bond acceptors (Lipinski definition) is 5. The van der Waals surface area contributed by atoms with Crippen molar-refractivity contribution in [3.05, 3.63) is 65.4 Å². The average molecular weight is 448 g/mol. The summed E-state index contributed by atoms with van der Waals surface area (Å²) in [6, 6.07) is 15.9. The molecule has 1 saturated heterocycles. The second-order valence-electron chi connectivity index (χ2n) is 9.07. The molecular formula is C27H33N3O3. The van der Waals surface area contributed by atoms with Crippen LogP contribution < -0.4 is 10.2 Å². The maximum Gasteiger partial charge on any atom is 0.278 e. The first kappa shape index (κ1) is 23.1. The molecule has 6 nitrogen and oxygen atoms in total. The van der Waals surface area contributed by atoms with Gasteiger partial charge in [0.05, 0.1) is 5.57 Å². The fourth-order valence-corrected chi connectivity index (χ4v) is 4.42. The number of carbonyl (C=O) groups excluding carboxylic acids is 2. The third-order valence-electron chi connectivity index (χ3n) is 6.52. The van der Waals surface area contributed by atoms with Gasteiger partial charge in [0, 0.05) is 44.7 Å². The van der Waals surface area contributed by atoms with E-state index in [1.165, 1.54) is 23.4 Å². The minimum atomic E-state index is -0.291. The molecule has 2 amide bonds. The van der Waals surface area contributed by atoms with E-state index in [1.807, 2.05) is 43.3 Å². The van der Waals surface area contributed by atoms with Crippen molar-refractivity contribution in [2.24, 2.45) is 5.92 Å². The highest BCUT2D eigenvalue weighted by Gasteiger charge is 2.38. The predicted octanol–water partition coefficient (Wildman–Crippen LogP) is 4.46. The van der Waals surface area contributed by atoms with Crippen molar-refractivity contribution in [2.75, 3.05) is 43.6 Å². The lowest BCUT2D eigenvalue weighted by molar-refractivity contribution is -0.136. The molecule has 2 aromatic carbocycles. The molecule has 0 aromatic heterocycles. The molecule has 2 heterocycles. The molecule has 1 fully saturated rings. The van der Waals surface area contributed by atoms with E-state index < -0.39 is 0 Å². The van der Waals surface area contributed by atoms with Gasteiger partial charge in [0.25, 0.3) is 11.8 Å². The molecule has 174 valence electrons.